The monoisotopic (exact) mass is 720 g/mol. The molecule has 4 atom stereocenters. The molecule has 15 heteroatoms. The van der Waals surface area contributed by atoms with Crippen LogP contribution < -0.4 is 0 Å². The van der Waals surface area contributed by atoms with Crippen LogP contribution in [0.3, 0.4) is 0 Å². The van der Waals surface area contributed by atoms with Crippen molar-refractivity contribution in [3.63, 3.8) is 0 Å². The van der Waals surface area contributed by atoms with E-state index in [4.69, 9.17) is 9.98 Å². The van der Waals surface area contributed by atoms with Crippen LogP contribution in [0.1, 0.15) is 102 Å². The van der Waals surface area contributed by atoms with Crippen molar-refractivity contribution in [1.82, 2.24) is 38.1 Å². The highest BCUT2D eigenvalue weighted by Gasteiger charge is 2.53. The molecular formula is C36H52N10O4S. The largest absolute Gasteiger partial charge is 0.344 e. The summed E-state index contributed by atoms with van der Waals surface area (Å²) < 4.78 is 9.30. The summed E-state index contributed by atoms with van der Waals surface area (Å²) in [5, 5.41) is 0. The second kappa shape index (κ2) is 15.6. The number of nitrogens with zero attached hydrogens (tertiary/aromatic N) is 10. The van der Waals surface area contributed by atoms with E-state index in [1.54, 1.807) is 23.9 Å². The standard InChI is InChI=1S/C36H52N10O4S/c1-7-9-11-13-15-17-21-45-33(47)27-31(43(5)35(45)49)37-29(41(27)3)23-19-20-24(26-25(23)39-51-40-26)30-38-32-28(42(30)4)34(48)46(36(50)44(32)6)22-18-16-14-12-10-8-2/h19-20,27-28,31-32H,7-18,21-22H2,1-6H3. The zero-order valence-corrected chi connectivity index (χ0v) is 31.7. The molecule has 1 aromatic carbocycles. The average Bonchev–Trinajstić information content (AvgIpc) is 3.84. The zero-order chi connectivity index (χ0) is 36.4. The van der Waals surface area contributed by atoms with Crippen molar-refractivity contribution >= 4 is 58.3 Å². The lowest BCUT2D eigenvalue weighted by Gasteiger charge is -2.40. The number of likely N-dealkylation sites (N-methyl/N-ethyl adjacent to an activating group) is 4. The fraction of sp³-hybridized carbons (Fsp3) is 0.667. The summed E-state index contributed by atoms with van der Waals surface area (Å²) in [5.74, 6) is 0.649. The Bertz CT molecular complexity index is 1590. The van der Waals surface area contributed by atoms with E-state index < -0.39 is 24.4 Å². The lowest BCUT2D eigenvalue weighted by molar-refractivity contribution is -0.138. The van der Waals surface area contributed by atoms with Crippen molar-refractivity contribution < 1.29 is 19.2 Å². The summed E-state index contributed by atoms with van der Waals surface area (Å²) in [5.41, 5.74) is 2.59. The third kappa shape index (κ3) is 6.69. The molecule has 2 saturated heterocycles. The molecule has 0 saturated carbocycles. The number of unbranched alkanes of at least 4 members (excludes halogenated alkanes) is 10. The summed E-state index contributed by atoms with van der Waals surface area (Å²) >= 11 is 1.06. The van der Waals surface area contributed by atoms with Gasteiger partial charge in [-0.1, -0.05) is 78.1 Å². The first-order valence-electron chi connectivity index (χ1n) is 18.7. The average molecular weight is 721 g/mol. The highest BCUT2D eigenvalue weighted by atomic mass is 32.1. The molecule has 4 aliphatic heterocycles. The predicted molar refractivity (Wildman–Crippen MR) is 198 cm³/mol. The molecule has 6 amide bonds. The van der Waals surface area contributed by atoms with Crippen LogP contribution in [0.2, 0.25) is 0 Å². The number of carbonyl (C=O) groups is 4. The van der Waals surface area contributed by atoms with Gasteiger partial charge in [0, 0.05) is 52.4 Å². The second-order valence-corrected chi connectivity index (χ2v) is 14.8. The molecule has 14 nitrogen and oxygen atoms in total. The Morgan fingerprint density at radius 1 is 0.549 bits per heavy atom. The summed E-state index contributed by atoms with van der Waals surface area (Å²) in [6, 6.07) is 1.86. The lowest BCUT2D eigenvalue weighted by Crippen LogP contribution is -2.64. The quantitative estimate of drug-likeness (QED) is 0.222. The molecule has 0 spiro atoms. The number of urea groups is 2. The maximum atomic E-state index is 13.8. The molecule has 0 bridgehead atoms. The molecule has 4 aliphatic rings. The third-order valence-electron chi connectivity index (χ3n) is 10.8. The van der Waals surface area contributed by atoms with Crippen LogP contribution in [0.5, 0.6) is 0 Å². The van der Waals surface area contributed by atoms with Crippen LogP contribution in [0.15, 0.2) is 22.1 Å². The van der Waals surface area contributed by atoms with E-state index in [1.165, 1.54) is 48.3 Å². The maximum absolute atomic E-state index is 13.8. The molecule has 1 aromatic heterocycles. The summed E-state index contributed by atoms with van der Waals surface area (Å²) in [6.07, 6.45) is 11.5. The van der Waals surface area contributed by atoms with Gasteiger partial charge in [0.25, 0.3) is 11.8 Å². The van der Waals surface area contributed by atoms with Gasteiger partial charge >= 0.3 is 12.1 Å². The summed E-state index contributed by atoms with van der Waals surface area (Å²) in [6.45, 7) is 5.15. The SMILES string of the molecule is CCCCCCCCN1C(=O)C2C(N=C(c3ccc(C4=NC5C(C(=O)N(CCCCCCCC)C(=O)N5C)N4C)c4nsnc34)N2C)N(C)C1=O. The predicted octanol–water partition coefficient (Wildman–Crippen LogP) is 4.97. The number of aromatic nitrogens is 2. The van der Waals surface area contributed by atoms with E-state index in [0.29, 0.717) is 46.9 Å². The number of fused-ring (bicyclic) bond motifs is 3. The number of hydrogen-bond donors (Lipinski definition) is 0. The smallest absolute Gasteiger partial charge is 0.328 e. The number of imide groups is 2. The fourth-order valence-corrected chi connectivity index (χ4v) is 8.37. The van der Waals surface area contributed by atoms with E-state index in [0.717, 1.165) is 50.3 Å². The highest BCUT2D eigenvalue weighted by Crippen LogP contribution is 2.35. The van der Waals surface area contributed by atoms with Gasteiger partial charge in [0.1, 0.15) is 22.7 Å². The summed E-state index contributed by atoms with van der Waals surface area (Å²) in [7, 11) is 7.08. The van der Waals surface area contributed by atoms with Gasteiger partial charge in [0.2, 0.25) is 0 Å². The molecular weight excluding hydrogens is 669 g/mol. The number of rotatable bonds is 16. The molecule has 51 heavy (non-hydrogen) atoms. The number of amidine groups is 2. The minimum absolute atomic E-state index is 0.236. The van der Waals surface area contributed by atoms with Crippen LogP contribution in [0.4, 0.5) is 9.59 Å². The Balaban J connectivity index is 1.20. The second-order valence-electron chi connectivity index (χ2n) is 14.3. The molecule has 4 unspecified atom stereocenters. The Morgan fingerprint density at radius 3 is 1.31 bits per heavy atom. The van der Waals surface area contributed by atoms with Gasteiger partial charge in [-0.15, -0.1) is 0 Å². The Labute approximate surface area is 304 Å². The number of amides is 6. The third-order valence-corrected chi connectivity index (χ3v) is 11.4. The first-order chi connectivity index (χ1) is 24.6. The van der Waals surface area contributed by atoms with Gasteiger partial charge in [0.05, 0.1) is 11.7 Å². The number of carbonyl (C=O) groups excluding carboxylic acids is 4. The normalized spacial score (nSPS) is 23.6. The van der Waals surface area contributed by atoms with Crippen molar-refractivity contribution in [2.75, 3.05) is 41.3 Å². The van der Waals surface area contributed by atoms with Crippen molar-refractivity contribution in [3.8, 4) is 0 Å². The first kappa shape index (κ1) is 36.6. The van der Waals surface area contributed by atoms with Crippen LogP contribution in [-0.4, -0.2) is 139 Å². The number of hydrogen-bond acceptors (Lipinski definition) is 11. The summed E-state index contributed by atoms with van der Waals surface area (Å²) in [4.78, 5) is 73.7. The minimum Gasteiger partial charge on any atom is -0.344 e. The fourth-order valence-electron chi connectivity index (χ4n) is 7.79. The van der Waals surface area contributed by atoms with Crippen LogP contribution in [0.25, 0.3) is 11.0 Å². The van der Waals surface area contributed by atoms with Gasteiger partial charge in [-0.3, -0.25) is 19.4 Å². The topological polar surface area (TPSA) is 138 Å². The minimum atomic E-state index is -0.654. The highest BCUT2D eigenvalue weighted by molar-refractivity contribution is 7.00. The number of benzene rings is 1. The van der Waals surface area contributed by atoms with E-state index in [2.05, 4.69) is 22.6 Å². The van der Waals surface area contributed by atoms with Gasteiger partial charge in [-0.2, -0.15) is 8.75 Å². The molecule has 6 rings (SSSR count). The molecule has 0 aliphatic carbocycles. The Morgan fingerprint density at radius 2 is 0.922 bits per heavy atom. The first-order valence-corrected chi connectivity index (χ1v) is 19.4. The molecule has 2 aromatic rings. The van der Waals surface area contributed by atoms with Gasteiger partial charge in [-0.05, 0) is 25.0 Å². The molecule has 0 N–H and O–H groups in total. The lowest BCUT2D eigenvalue weighted by atomic mass is 10.0. The van der Waals surface area contributed by atoms with Crippen LogP contribution >= 0.6 is 11.7 Å². The zero-order valence-electron chi connectivity index (χ0n) is 30.9. The van der Waals surface area contributed by atoms with Gasteiger partial charge in [0.15, 0.2) is 24.4 Å². The van der Waals surface area contributed by atoms with E-state index in [1.807, 2.05) is 36.0 Å². The van der Waals surface area contributed by atoms with Gasteiger partial charge in [-0.25, -0.2) is 19.6 Å². The molecule has 2 fully saturated rings. The van der Waals surface area contributed by atoms with Crippen molar-refractivity contribution in [3.05, 3.63) is 23.3 Å². The van der Waals surface area contributed by atoms with Crippen LogP contribution in [0, 0.1) is 0 Å². The van der Waals surface area contributed by atoms with E-state index in [-0.39, 0.29) is 23.9 Å². The van der Waals surface area contributed by atoms with Crippen molar-refractivity contribution in [2.24, 2.45) is 9.98 Å². The van der Waals surface area contributed by atoms with Gasteiger partial charge < -0.3 is 19.6 Å². The molecule has 0 radical (unpaired) electrons. The number of aliphatic imine (C=N–C) groups is 2. The molecule has 276 valence electrons. The van der Waals surface area contributed by atoms with E-state index >= 15 is 0 Å². The van der Waals surface area contributed by atoms with E-state index in [9.17, 15) is 19.2 Å². The Kier molecular flexibility index (Phi) is 11.2. The Hall–Kier alpha value is -4.14. The molecule has 5 heterocycles. The van der Waals surface area contributed by atoms with Crippen molar-refractivity contribution in [1.29, 1.82) is 0 Å². The van der Waals surface area contributed by atoms with Crippen LogP contribution in [-0.2, 0) is 9.59 Å². The maximum Gasteiger partial charge on any atom is 0.328 e. The van der Waals surface area contributed by atoms with Crippen molar-refractivity contribution in [2.45, 2.75) is 115 Å².